The number of benzene rings is 1. The lowest BCUT2D eigenvalue weighted by Gasteiger charge is -2.37. The molecule has 2 aromatic rings. The molecule has 1 atom stereocenters. The molecular weight excluding hydrogens is 354 g/mol. The molecule has 7 nitrogen and oxygen atoms in total. The molecule has 0 aliphatic heterocycles. The van der Waals surface area contributed by atoms with E-state index in [1.54, 1.807) is 24.1 Å². The standard InChI is InChI=1S/C18H25N3O4S/c1-13-3-5-17(6-4-13)25-7-8-26(23,24)20-18(14-9-16(22)10-14)15-11-19-21(2)12-15/h3-6,11-12,14,16,18,20,22H,7-10H2,1-2H3. The summed E-state index contributed by atoms with van der Waals surface area (Å²) in [4.78, 5) is 0. The summed E-state index contributed by atoms with van der Waals surface area (Å²) in [6.07, 6.45) is 4.29. The van der Waals surface area contributed by atoms with Crippen LogP contribution in [0, 0.1) is 12.8 Å². The number of aryl methyl sites for hydroxylation is 2. The molecule has 3 rings (SSSR count). The molecule has 0 amide bonds. The first kappa shape index (κ1) is 18.9. The van der Waals surface area contributed by atoms with Crippen LogP contribution in [0.5, 0.6) is 5.75 Å². The van der Waals surface area contributed by atoms with Gasteiger partial charge in [-0.2, -0.15) is 5.10 Å². The highest BCUT2D eigenvalue weighted by molar-refractivity contribution is 7.89. The number of aliphatic hydroxyl groups excluding tert-OH is 1. The van der Waals surface area contributed by atoms with E-state index < -0.39 is 10.0 Å². The predicted octanol–water partition coefficient (Wildman–Crippen LogP) is 1.54. The van der Waals surface area contributed by atoms with Crippen LogP contribution in [0.3, 0.4) is 0 Å². The fourth-order valence-electron chi connectivity index (χ4n) is 3.10. The van der Waals surface area contributed by atoms with Crippen molar-refractivity contribution in [3.63, 3.8) is 0 Å². The smallest absolute Gasteiger partial charge is 0.215 e. The summed E-state index contributed by atoms with van der Waals surface area (Å²) in [5, 5.41) is 13.7. The first-order chi connectivity index (χ1) is 12.3. The zero-order valence-electron chi connectivity index (χ0n) is 15.0. The van der Waals surface area contributed by atoms with Gasteiger partial charge >= 0.3 is 0 Å². The molecule has 142 valence electrons. The lowest BCUT2D eigenvalue weighted by atomic mass is 9.76. The van der Waals surface area contributed by atoms with Crippen LogP contribution in [-0.2, 0) is 17.1 Å². The highest BCUT2D eigenvalue weighted by atomic mass is 32.2. The largest absolute Gasteiger partial charge is 0.492 e. The van der Waals surface area contributed by atoms with Gasteiger partial charge in [0.15, 0.2) is 0 Å². The number of sulfonamides is 1. The Balaban J connectivity index is 1.60. The monoisotopic (exact) mass is 379 g/mol. The Labute approximate surface area is 154 Å². The predicted molar refractivity (Wildman–Crippen MR) is 98.3 cm³/mol. The zero-order chi connectivity index (χ0) is 18.7. The van der Waals surface area contributed by atoms with E-state index in [9.17, 15) is 13.5 Å². The van der Waals surface area contributed by atoms with Crippen molar-refractivity contribution in [3.05, 3.63) is 47.8 Å². The van der Waals surface area contributed by atoms with Crippen molar-refractivity contribution in [1.29, 1.82) is 0 Å². The molecule has 0 saturated heterocycles. The van der Waals surface area contributed by atoms with Crippen LogP contribution in [0.25, 0.3) is 0 Å². The molecule has 8 heteroatoms. The molecule has 1 aliphatic rings. The molecule has 1 heterocycles. The van der Waals surface area contributed by atoms with Crippen molar-refractivity contribution in [1.82, 2.24) is 14.5 Å². The van der Waals surface area contributed by atoms with Gasteiger partial charge < -0.3 is 9.84 Å². The third-order valence-corrected chi connectivity index (χ3v) is 5.97. The number of rotatable bonds is 8. The van der Waals surface area contributed by atoms with Crippen LogP contribution < -0.4 is 9.46 Å². The van der Waals surface area contributed by atoms with Crippen molar-refractivity contribution < 1.29 is 18.3 Å². The fraction of sp³-hybridized carbons (Fsp3) is 0.500. The van der Waals surface area contributed by atoms with E-state index in [4.69, 9.17) is 4.74 Å². The molecule has 1 aromatic carbocycles. The Morgan fingerprint density at radius 1 is 1.35 bits per heavy atom. The average Bonchev–Trinajstić information content (AvgIpc) is 2.98. The maximum Gasteiger partial charge on any atom is 0.215 e. The van der Waals surface area contributed by atoms with E-state index in [1.807, 2.05) is 31.2 Å². The maximum absolute atomic E-state index is 12.5. The molecule has 0 bridgehead atoms. The van der Waals surface area contributed by atoms with E-state index in [1.165, 1.54) is 0 Å². The van der Waals surface area contributed by atoms with Gasteiger partial charge in [0.05, 0.1) is 24.1 Å². The van der Waals surface area contributed by atoms with E-state index in [2.05, 4.69) is 9.82 Å². The Morgan fingerprint density at radius 2 is 2.04 bits per heavy atom. The highest BCUT2D eigenvalue weighted by Gasteiger charge is 2.37. The number of hydrogen-bond donors (Lipinski definition) is 2. The Kier molecular flexibility index (Phi) is 5.64. The Bertz CT molecular complexity index is 826. The topological polar surface area (TPSA) is 93.5 Å². The lowest BCUT2D eigenvalue weighted by Crippen LogP contribution is -2.42. The van der Waals surface area contributed by atoms with E-state index in [-0.39, 0.29) is 30.4 Å². The van der Waals surface area contributed by atoms with Crippen LogP contribution in [0.2, 0.25) is 0 Å². The number of nitrogens with one attached hydrogen (secondary N) is 1. The summed E-state index contributed by atoms with van der Waals surface area (Å²) in [5.74, 6) is 0.589. The molecule has 26 heavy (non-hydrogen) atoms. The van der Waals surface area contributed by atoms with Crippen molar-refractivity contribution in [3.8, 4) is 5.75 Å². The van der Waals surface area contributed by atoms with E-state index >= 15 is 0 Å². The minimum Gasteiger partial charge on any atom is -0.492 e. The number of hydrogen-bond acceptors (Lipinski definition) is 5. The molecule has 1 unspecified atom stereocenters. The molecule has 1 aliphatic carbocycles. The summed E-state index contributed by atoms with van der Waals surface area (Å²) in [7, 11) is -1.74. The van der Waals surface area contributed by atoms with Crippen molar-refractivity contribution in [2.45, 2.75) is 31.9 Å². The normalized spacial score (nSPS) is 21.2. The van der Waals surface area contributed by atoms with Gasteiger partial charge in [-0.05, 0) is 37.8 Å². The number of aromatic nitrogens is 2. The summed E-state index contributed by atoms with van der Waals surface area (Å²) in [6.45, 7) is 2.06. The summed E-state index contributed by atoms with van der Waals surface area (Å²) < 4.78 is 35.0. The summed E-state index contributed by atoms with van der Waals surface area (Å²) in [6, 6.07) is 7.11. The van der Waals surface area contributed by atoms with E-state index in [0.29, 0.717) is 18.6 Å². The van der Waals surface area contributed by atoms with Crippen LogP contribution in [0.1, 0.15) is 30.0 Å². The number of ether oxygens (including phenoxy) is 1. The van der Waals surface area contributed by atoms with Gasteiger partial charge in [0.1, 0.15) is 12.4 Å². The molecule has 1 aromatic heterocycles. The highest BCUT2D eigenvalue weighted by Crippen LogP contribution is 2.38. The first-order valence-corrected chi connectivity index (χ1v) is 10.3. The van der Waals surface area contributed by atoms with Gasteiger partial charge in [-0.1, -0.05) is 17.7 Å². The van der Waals surface area contributed by atoms with Gasteiger partial charge in [-0.3, -0.25) is 4.68 Å². The van der Waals surface area contributed by atoms with Gasteiger partial charge in [0.2, 0.25) is 10.0 Å². The van der Waals surface area contributed by atoms with Gasteiger partial charge in [0, 0.05) is 18.8 Å². The Hall–Kier alpha value is -1.90. The van der Waals surface area contributed by atoms with E-state index in [0.717, 1.165) is 11.1 Å². The van der Waals surface area contributed by atoms with Crippen molar-refractivity contribution in [2.24, 2.45) is 13.0 Å². The SMILES string of the molecule is Cc1ccc(OCCS(=O)(=O)NC(c2cnn(C)c2)C2CC(O)C2)cc1. The quantitative estimate of drug-likeness (QED) is 0.726. The lowest BCUT2D eigenvalue weighted by molar-refractivity contribution is 0.0280. The summed E-state index contributed by atoms with van der Waals surface area (Å²) >= 11 is 0. The molecule has 1 saturated carbocycles. The van der Waals surface area contributed by atoms with Gasteiger partial charge in [-0.15, -0.1) is 0 Å². The minimum absolute atomic E-state index is 0.0713. The van der Waals surface area contributed by atoms with Gasteiger partial charge in [0.25, 0.3) is 0 Å². The maximum atomic E-state index is 12.5. The molecule has 0 spiro atoms. The summed E-state index contributed by atoms with van der Waals surface area (Å²) in [5.41, 5.74) is 1.93. The van der Waals surface area contributed by atoms with Crippen LogP contribution in [-0.4, -0.2) is 41.8 Å². The Morgan fingerprint density at radius 3 is 2.62 bits per heavy atom. The van der Waals surface area contributed by atoms with Crippen molar-refractivity contribution in [2.75, 3.05) is 12.4 Å². The molecule has 1 fully saturated rings. The third kappa shape index (κ3) is 4.84. The molecule has 0 radical (unpaired) electrons. The molecule has 2 N–H and O–H groups in total. The number of aliphatic hydroxyl groups is 1. The second-order valence-electron chi connectivity index (χ2n) is 6.91. The third-order valence-electron chi connectivity index (χ3n) is 4.65. The minimum atomic E-state index is -3.53. The zero-order valence-corrected chi connectivity index (χ0v) is 15.8. The first-order valence-electron chi connectivity index (χ1n) is 8.68. The van der Waals surface area contributed by atoms with Crippen molar-refractivity contribution >= 4 is 10.0 Å². The second-order valence-corrected chi connectivity index (χ2v) is 8.78. The van der Waals surface area contributed by atoms with Crippen LogP contribution >= 0.6 is 0 Å². The second kappa shape index (κ2) is 7.77. The number of nitrogens with zero attached hydrogens (tertiary/aromatic N) is 2. The molecular formula is C18H25N3O4S. The average molecular weight is 379 g/mol. The fourth-order valence-corrected chi connectivity index (χ4v) is 4.23. The van der Waals surface area contributed by atoms with Crippen LogP contribution in [0.4, 0.5) is 0 Å². The van der Waals surface area contributed by atoms with Crippen LogP contribution in [0.15, 0.2) is 36.7 Å². The van der Waals surface area contributed by atoms with Gasteiger partial charge in [-0.25, -0.2) is 13.1 Å².